The molecule has 1 amide bonds. The zero-order chi connectivity index (χ0) is 29.9. The predicted octanol–water partition coefficient (Wildman–Crippen LogP) is 7.50. The molecule has 0 saturated carbocycles. The van der Waals surface area contributed by atoms with Gasteiger partial charge < -0.3 is 14.5 Å². The third-order valence-corrected chi connectivity index (χ3v) is 6.64. The van der Waals surface area contributed by atoms with Crippen molar-refractivity contribution in [2.24, 2.45) is 5.10 Å². The Morgan fingerprint density at radius 2 is 1.69 bits per heavy atom. The fourth-order valence-electron chi connectivity index (χ4n) is 4.37. The van der Waals surface area contributed by atoms with Gasteiger partial charge in [0.25, 0.3) is 5.91 Å². The van der Waals surface area contributed by atoms with Gasteiger partial charge in [-0.05, 0) is 42.5 Å². The van der Waals surface area contributed by atoms with Crippen LogP contribution in [-0.4, -0.2) is 30.2 Å². The number of alkyl halides is 3. The van der Waals surface area contributed by atoms with Gasteiger partial charge in [0.05, 0.1) is 30.0 Å². The summed E-state index contributed by atoms with van der Waals surface area (Å²) in [6.07, 6.45) is -3.41. The molecule has 7 nitrogen and oxygen atoms in total. The van der Waals surface area contributed by atoms with Crippen LogP contribution in [0.4, 0.5) is 13.2 Å². The lowest BCUT2D eigenvalue weighted by Gasteiger charge is -2.09. The monoisotopic (exact) mass is 591 g/mol. The number of para-hydroxylation sites is 2. The van der Waals surface area contributed by atoms with Crippen molar-refractivity contribution in [2.75, 3.05) is 7.11 Å². The van der Waals surface area contributed by atoms with Crippen molar-refractivity contribution in [3.05, 3.63) is 118 Å². The maximum absolute atomic E-state index is 13.8. The summed E-state index contributed by atoms with van der Waals surface area (Å²) < 4.78 is 52.0. The number of carbonyl (C=O) groups is 2. The van der Waals surface area contributed by atoms with Crippen LogP contribution in [0.5, 0.6) is 11.5 Å². The summed E-state index contributed by atoms with van der Waals surface area (Å²) in [5.74, 6) is -0.795. The number of methoxy groups -OCH3 is 1. The molecular formula is C31H21ClF3N3O4. The summed E-state index contributed by atoms with van der Waals surface area (Å²) >= 11 is 6.38. The molecule has 1 aromatic heterocycles. The van der Waals surface area contributed by atoms with Gasteiger partial charge in [-0.3, -0.25) is 4.79 Å². The first-order valence-corrected chi connectivity index (χ1v) is 12.8. The average Bonchev–Trinajstić information content (AvgIpc) is 3.37. The van der Waals surface area contributed by atoms with Crippen LogP contribution in [0, 0.1) is 0 Å². The van der Waals surface area contributed by atoms with Crippen LogP contribution in [-0.2, 0) is 6.18 Å². The van der Waals surface area contributed by atoms with Gasteiger partial charge in [-0.1, -0.05) is 60.1 Å². The molecule has 0 atom stereocenters. The number of aromatic amines is 1. The molecule has 212 valence electrons. The normalized spacial score (nSPS) is 11.5. The molecule has 0 radical (unpaired) electrons. The highest BCUT2D eigenvalue weighted by molar-refractivity contribution is 6.34. The molecule has 0 fully saturated rings. The van der Waals surface area contributed by atoms with Gasteiger partial charge in [0.15, 0.2) is 0 Å². The molecule has 0 aliphatic rings. The van der Waals surface area contributed by atoms with Crippen molar-refractivity contribution in [1.82, 2.24) is 10.4 Å². The molecule has 0 aliphatic heterocycles. The van der Waals surface area contributed by atoms with Gasteiger partial charge in [-0.2, -0.15) is 18.3 Å². The van der Waals surface area contributed by atoms with Crippen molar-refractivity contribution >= 4 is 40.6 Å². The maximum Gasteiger partial charge on any atom is 0.418 e. The highest BCUT2D eigenvalue weighted by Crippen LogP contribution is 2.41. The third kappa shape index (κ3) is 5.84. The van der Waals surface area contributed by atoms with Crippen molar-refractivity contribution < 1.29 is 32.2 Å². The van der Waals surface area contributed by atoms with E-state index in [4.69, 9.17) is 21.1 Å². The quantitative estimate of drug-likeness (QED) is 0.0887. The van der Waals surface area contributed by atoms with Gasteiger partial charge in [-0.15, -0.1) is 0 Å². The maximum atomic E-state index is 13.8. The van der Waals surface area contributed by atoms with Crippen LogP contribution in [0.3, 0.4) is 0 Å². The number of nitrogens with one attached hydrogen (secondary N) is 2. The number of ether oxygens (including phenoxy) is 2. The summed E-state index contributed by atoms with van der Waals surface area (Å²) in [6, 6.07) is 23.1. The molecule has 5 aromatic rings. The number of carbonyl (C=O) groups excluding carboxylic acids is 2. The second-order valence-electron chi connectivity index (χ2n) is 8.94. The number of fused-ring (bicyclic) bond motifs is 1. The molecule has 0 bridgehead atoms. The van der Waals surface area contributed by atoms with E-state index in [0.29, 0.717) is 16.9 Å². The Hall–Kier alpha value is -5.09. The van der Waals surface area contributed by atoms with Crippen LogP contribution < -0.4 is 14.9 Å². The Bertz CT molecular complexity index is 1830. The van der Waals surface area contributed by atoms with Crippen LogP contribution in [0.1, 0.15) is 32.0 Å². The van der Waals surface area contributed by atoms with E-state index >= 15 is 0 Å². The lowest BCUT2D eigenvalue weighted by molar-refractivity contribution is -0.136. The number of aromatic nitrogens is 1. The Labute approximate surface area is 242 Å². The smallest absolute Gasteiger partial charge is 0.418 e. The third-order valence-electron chi connectivity index (χ3n) is 6.31. The molecule has 2 N–H and O–H groups in total. The number of nitrogens with zero attached hydrogens (tertiary/aromatic N) is 1. The summed E-state index contributed by atoms with van der Waals surface area (Å²) in [5, 5.41) is 4.39. The van der Waals surface area contributed by atoms with Crippen molar-refractivity contribution in [3.8, 4) is 22.6 Å². The first kappa shape index (κ1) is 28.4. The largest absolute Gasteiger partial charge is 0.497 e. The number of amides is 1. The second-order valence-corrected chi connectivity index (χ2v) is 9.35. The molecule has 1 heterocycles. The fraction of sp³-hybridized carbons (Fsp3) is 0.0645. The van der Waals surface area contributed by atoms with Gasteiger partial charge >= 0.3 is 12.1 Å². The van der Waals surface area contributed by atoms with E-state index in [1.54, 1.807) is 66.7 Å². The molecular weight excluding hydrogens is 571 g/mol. The number of hydrogen-bond donors (Lipinski definition) is 2. The number of benzene rings is 4. The highest BCUT2D eigenvalue weighted by Gasteiger charge is 2.35. The van der Waals surface area contributed by atoms with Crippen molar-refractivity contribution in [2.45, 2.75) is 6.18 Å². The molecule has 0 unspecified atom stereocenters. The number of hydrazone groups is 1. The summed E-state index contributed by atoms with van der Waals surface area (Å²) in [4.78, 5) is 28.6. The zero-order valence-electron chi connectivity index (χ0n) is 21.8. The van der Waals surface area contributed by atoms with E-state index in [-0.39, 0.29) is 38.5 Å². The molecule has 0 aliphatic carbocycles. The molecule has 11 heteroatoms. The highest BCUT2D eigenvalue weighted by atomic mass is 35.5. The number of hydrogen-bond acceptors (Lipinski definition) is 5. The van der Waals surface area contributed by atoms with Crippen LogP contribution in [0.2, 0.25) is 5.02 Å². The second kappa shape index (κ2) is 11.8. The van der Waals surface area contributed by atoms with Crippen LogP contribution in [0.25, 0.3) is 22.0 Å². The Kier molecular flexibility index (Phi) is 7.99. The Morgan fingerprint density at radius 3 is 2.45 bits per heavy atom. The molecule has 0 spiro atoms. The minimum Gasteiger partial charge on any atom is -0.497 e. The number of esters is 1. The van der Waals surface area contributed by atoms with Crippen LogP contribution >= 0.6 is 11.6 Å². The standard InChI is InChI=1S/C31H21ClF3N3O4/c1-41-20-10-6-9-18(16-20)30(40)42-25-15-5-2-8-19(25)17-36-38-29(39)28-26(21-11-3-4-14-24(21)32)22-12-7-13-23(27(22)37-28)31(33,34)35/h2-17,37H,1H3,(H,38,39). The molecule has 42 heavy (non-hydrogen) atoms. The number of rotatable bonds is 7. The van der Waals surface area contributed by atoms with Crippen LogP contribution in [0.15, 0.2) is 96.1 Å². The number of halogens is 4. The van der Waals surface area contributed by atoms with Gasteiger partial charge in [0, 0.05) is 27.1 Å². The number of H-pyrrole nitrogens is 1. The van der Waals surface area contributed by atoms with E-state index < -0.39 is 23.6 Å². The van der Waals surface area contributed by atoms with Gasteiger partial charge in [0.2, 0.25) is 0 Å². The summed E-state index contributed by atoms with van der Waals surface area (Å²) in [6.45, 7) is 0. The minimum atomic E-state index is -4.67. The van der Waals surface area contributed by atoms with E-state index in [1.807, 2.05) is 0 Å². The van der Waals surface area contributed by atoms with Crippen molar-refractivity contribution in [3.63, 3.8) is 0 Å². The van der Waals surface area contributed by atoms with E-state index in [9.17, 15) is 22.8 Å². The summed E-state index contributed by atoms with van der Waals surface area (Å²) in [7, 11) is 1.48. The summed E-state index contributed by atoms with van der Waals surface area (Å²) in [5.41, 5.74) is 2.18. The minimum absolute atomic E-state index is 0.162. The van der Waals surface area contributed by atoms with E-state index in [1.165, 1.54) is 31.5 Å². The zero-order valence-corrected chi connectivity index (χ0v) is 22.6. The first-order chi connectivity index (χ1) is 20.2. The van der Waals surface area contributed by atoms with E-state index in [2.05, 4.69) is 15.5 Å². The molecule has 5 rings (SSSR count). The Balaban J connectivity index is 1.45. The molecule has 0 saturated heterocycles. The topological polar surface area (TPSA) is 92.8 Å². The van der Waals surface area contributed by atoms with Gasteiger partial charge in [0.1, 0.15) is 17.2 Å². The van der Waals surface area contributed by atoms with Gasteiger partial charge in [-0.25, -0.2) is 10.2 Å². The average molecular weight is 592 g/mol. The molecule has 4 aromatic carbocycles. The lowest BCUT2D eigenvalue weighted by atomic mass is 10.00. The SMILES string of the molecule is COc1cccc(C(=O)Oc2ccccc2C=NNC(=O)c2[nH]c3c(C(F)(F)F)cccc3c2-c2ccccc2Cl)c1. The first-order valence-electron chi connectivity index (χ1n) is 12.4. The lowest BCUT2D eigenvalue weighted by Crippen LogP contribution is -2.19. The fourth-order valence-corrected chi connectivity index (χ4v) is 4.60. The van der Waals surface area contributed by atoms with Crippen molar-refractivity contribution in [1.29, 1.82) is 0 Å². The predicted molar refractivity (Wildman–Crippen MR) is 153 cm³/mol. The Morgan fingerprint density at radius 1 is 0.952 bits per heavy atom. The van der Waals surface area contributed by atoms with E-state index in [0.717, 1.165) is 6.07 Å².